The molecule has 3 aliphatic rings. The SMILES string of the molecule is CC(C)C1=C2C3=CC(=O)O[C@H](CCCO[Si](c4ccccc4)(c4ccccc4)C(C)(C)C)[C@]3(C)CC[C@@]2(C)CC1. The van der Waals surface area contributed by atoms with Gasteiger partial charge in [0.2, 0.25) is 0 Å². The summed E-state index contributed by atoms with van der Waals surface area (Å²) in [7, 11) is -2.58. The third-order valence-electron chi connectivity index (χ3n) is 10.2. The smallest absolute Gasteiger partial charge is 0.331 e. The first-order valence-electron chi connectivity index (χ1n) is 15.3. The van der Waals surface area contributed by atoms with Crippen LogP contribution < -0.4 is 10.4 Å². The summed E-state index contributed by atoms with van der Waals surface area (Å²) in [5, 5.41) is 2.55. The third kappa shape index (κ3) is 4.85. The largest absolute Gasteiger partial charge is 0.458 e. The zero-order chi connectivity index (χ0) is 28.8. The van der Waals surface area contributed by atoms with Crippen molar-refractivity contribution in [1.82, 2.24) is 0 Å². The van der Waals surface area contributed by atoms with Crippen LogP contribution in [0.5, 0.6) is 0 Å². The summed E-state index contributed by atoms with van der Waals surface area (Å²) in [6, 6.07) is 21.7. The van der Waals surface area contributed by atoms with Crippen molar-refractivity contribution in [2.75, 3.05) is 6.61 Å². The Balaban J connectivity index is 1.40. The summed E-state index contributed by atoms with van der Waals surface area (Å²) in [6.45, 7) is 17.0. The van der Waals surface area contributed by atoms with Crippen molar-refractivity contribution in [1.29, 1.82) is 0 Å². The van der Waals surface area contributed by atoms with Gasteiger partial charge in [-0.2, -0.15) is 0 Å². The molecule has 40 heavy (non-hydrogen) atoms. The summed E-state index contributed by atoms with van der Waals surface area (Å²) in [6.07, 6.45) is 8.00. The quantitative estimate of drug-likeness (QED) is 0.189. The summed E-state index contributed by atoms with van der Waals surface area (Å²) in [5.41, 5.74) is 4.38. The van der Waals surface area contributed by atoms with E-state index in [2.05, 4.69) is 109 Å². The molecule has 1 saturated carbocycles. The second-order valence-electron chi connectivity index (χ2n) is 14.2. The van der Waals surface area contributed by atoms with Crippen LogP contribution in [-0.2, 0) is 14.0 Å². The van der Waals surface area contributed by atoms with E-state index in [-0.39, 0.29) is 27.9 Å². The summed E-state index contributed by atoms with van der Waals surface area (Å²) >= 11 is 0. The number of cyclic esters (lactones) is 1. The molecule has 0 N–H and O–H groups in total. The van der Waals surface area contributed by atoms with Crippen molar-refractivity contribution >= 4 is 24.7 Å². The van der Waals surface area contributed by atoms with E-state index in [4.69, 9.17) is 9.16 Å². The third-order valence-corrected chi connectivity index (χ3v) is 15.3. The van der Waals surface area contributed by atoms with Gasteiger partial charge >= 0.3 is 5.97 Å². The minimum Gasteiger partial charge on any atom is -0.458 e. The van der Waals surface area contributed by atoms with Gasteiger partial charge in [0.15, 0.2) is 0 Å². The highest BCUT2D eigenvalue weighted by Gasteiger charge is 2.54. The molecule has 0 unspecified atom stereocenters. The Morgan fingerprint density at radius 1 is 0.950 bits per heavy atom. The Morgan fingerprint density at radius 2 is 1.55 bits per heavy atom. The molecule has 5 rings (SSSR count). The maximum Gasteiger partial charge on any atom is 0.331 e. The van der Waals surface area contributed by atoms with E-state index in [9.17, 15) is 4.79 Å². The zero-order valence-corrected chi connectivity index (χ0v) is 26.7. The molecule has 214 valence electrons. The number of allylic oxidation sites excluding steroid dienone is 2. The molecular weight excluding hydrogens is 508 g/mol. The van der Waals surface area contributed by atoms with E-state index < -0.39 is 8.32 Å². The van der Waals surface area contributed by atoms with E-state index in [1.807, 2.05) is 6.08 Å². The average molecular weight is 557 g/mol. The standard InChI is InChI=1S/C36H48O3Si/c1-26(2)29-20-21-35(6)22-23-36(7)30(33(29)35)25-32(37)39-31(36)19-14-24-38-40(34(3,4)5,27-15-10-8-11-16-27)28-17-12-9-13-18-28/h8-13,15-18,25-26,31H,14,19-24H2,1-7H3/t31-,35-,36-/m1/s1. The van der Waals surface area contributed by atoms with Crippen LogP contribution in [0.25, 0.3) is 0 Å². The van der Waals surface area contributed by atoms with Crippen molar-refractivity contribution in [3.63, 3.8) is 0 Å². The van der Waals surface area contributed by atoms with Gasteiger partial charge in [-0.15, -0.1) is 0 Å². The molecule has 3 nitrogen and oxygen atoms in total. The number of hydrogen-bond acceptors (Lipinski definition) is 3. The van der Waals surface area contributed by atoms with E-state index in [1.54, 1.807) is 5.57 Å². The van der Waals surface area contributed by atoms with Gasteiger partial charge in [0, 0.05) is 18.1 Å². The maximum absolute atomic E-state index is 13.0. The minimum atomic E-state index is -2.58. The molecule has 1 aliphatic heterocycles. The molecule has 4 heteroatoms. The van der Waals surface area contributed by atoms with E-state index >= 15 is 0 Å². The molecule has 2 aromatic carbocycles. The molecule has 1 fully saturated rings. The monoisotopic (exact) mass is 556 g/mol. The van der Waals surface area contributed by atoms with Crippen LogP contribution >= 0.6 is 0 Å². The fraction of sp³-hybridized carbons (Fsp3) is 0.528. The van der Waals surface area contributed by atoms with Crippen LogP contribution in [0.4, 0.5) is 0 Å². The van der Waals surface area contributed by atoms with Gasteiger partial charge in [0.05, 0.1) is 0 Å². The number of fused-ring (bicyclic) bond motifs is 3. The predicted octanol–water partition coefficient (Wildman–Crippen LogP) is 7.75. The molecule has 1 heterocycles. The van der Waals surface area contributed by atoms with Crippen LogP contribution in [0, 0.1) is 16.7 Å². The number of carbonyl (C=O) groups excluding carboxylic acids is 1. The van der Waals surface area contributed by atoms with Gasteiger partial charge in [0.1, 0.15) is 6.10 Å². The molecule has 0 bridgehead atoms. The van der Waals surface area contributed by atoms with Crippen LogP contribution in [-0.4, -0.2) is 27.0 Å². The molecule has 0 amide bonds. The minimum absolute atomic E-state index is 0.0507. The van der Waals surface area contributed by atoms with Crippen LogP contribution in [0.3, 0.4) is 0 Å². The Morgan fingerprint density at radius 3 is 2.10 bits per heavy atom. The second-order valence-corrected chi connectivity index (χ2v) is 18.5. The van der Waals surface area contributed by atoms with Crippen LogP contribution in [0.2, 0.25) is 5.04 Å². The van der Waals surface area contributed by atoms with E-state index in [0.717, 1.165) is 25.7 Å². The van der Waals surface area contributed by atoms with Crippen molar-refractivity contribution in [3.8, 4) is 0 Å². The highest BCUT2D eigenvalue weighted by Crippen LogP contribution is 2.62. The fourth-order valence-corrected chi connectivity index (χ4v) is 12.6. The van der Waals surface area contributed by atoms with E-state index in [1.165, 1.54) is 34.4 Å². The fourth-order valence-electron chi connectivity index (χ4n) is 7.96. The predicted molar refractivity (Wildman–Crippen MR) is 167 cm³/mol. The molecule has 0 spiro atoms. The molecular formula is C36H48O3Si. The highest BCUT2D eigenvalue weighted by molar-refractivity contribution is 6.99. The molecule has 0 aromatic heterocycles. The van der Waals surface area contributed by atoms with Gasteiger partial charge in [-0.3, -0.25) is 0 Å². The van der Waals surface area contributed by atoms with Crippen LogP contribution in [0.15, 0.2) is 83.5 Å². The van der Waals surface area contributed by atoms with Gasteiger partial charge < -0.3 is 9.16 Å². The average Bonchev–Trinajstić information content (AvgIpc) is 3.28. The number of carbonyl (C=O) groups is 1. The molecule has 3 atom stereocenters. The summed E-state index contributed by atoms with van der Waals surface area (Å²) in [5.74, 6) is 0.341. The summed E-state index contributed by atoms with van der Waals surface area (Å²) < 4.78 is 13.3. The lowest BCUT2D eigenvalue weighted by Gasteiger charge is -2.51. The van der Waals surface area contributed by atoms with Gasteiger partial charge in [0.25, 0.3) is 8.32 Å². The summed E-state index contributed by atoms with van der Waals surface area (Å²) in [4.78, 5) is 13.0. The zero-order valence-electron chi connectivity index (χ0n) is 25.7. The van der Waals surface area contributed by atoms with E-state index in [0.29, 0.717) is 12.5 Å². The van der Waals surface area contributed by atoms with Gasteiger partial charge in [-0.05, 0) is 76.4 Å². The number of esters is 1. The maximum atomic E-state index is 13.0. The molecule has 2 aromatic rings. The van der Waals surface area contributed by atoms with Crippen LogP contribution in [0.1, 0.15) is 87.0 Å². The van der Waals surface area contributed by atoms with Crippen molar-refractivity contribution in [2.24, 2.45) is 16.7 Å². The Hall–Kier alpha value is -2.43. The first kappa shape index (κ1) is 29.1. The number of ether oxygens (including phenoxy) is 1. The lowest BCUT2D eigenvalue weighted by Crippen LogP contribution is -2.66. The number of benzene rings is 2. The number of hydrogen-bond donors (Lipinski definition) is 0. The van der Waals surface area contributed by atoms with Crippen molar-refractivity contribution < 1.29 is 14.0 Å². The molecule has 0 saturated heterocycles. The molecule has 2 aliphatic carbocycles. The Bertz CT molecular complexity index is 1250. The highest BCUT2D eigenvalue weighted by atomic mass is 28.4. The van der Waals surface area contributed by atoms with Crippen molar-refractivity contribution in [2.45, 2.75) is 98.1 Å². The first-order chi connectivity index (χ1) is 18.9. The topological polar surface area (TPSA) is 35.5 Å². The lowest BCUT2D eigenvalue weighted by molar-refractivity contribution is -0.153. The number of rotatable bonds is 8. The first-order valence-corrected chi connectivity index (χ1v) is 17.2. The van der Waals surface area contributed by atoms with Crippen molar-refractivity contribution in [3.05, 3.63) is 83.5 Å². The lowest BCUT2D eigenvalue weighted by atomic mass is 9.56. The second kappa shape index (κ2) is 10.8. The van der Waals surface area contributed by atoms with Gasteiger partial charge in [-0.1, -0.05) is 115 Å². The Kier molecular flexibility index (Phi) is 7.82. The normalized spacial score (nSPS) is 26.9. The molecule has 0 radical (unpaired) electrons. The Labute approximate surface area is 243 Å². The van der Waals surface area contributed by atoms with Gasteiger partial charge in [-0.25, -0.2) is 4.79 Å².